The molecule has 26 heavy (non-hydrogen) atoms. The summed E-state index contributed by atoms with van der Waals surface area (Å²) >= 11 is 0. The van der Waals surface area contributed by atoms with Gasteiger partial charge in [-0.15, -0.1) is 20.4 Å². The predicted octanol–water partition coefficient (Wildman–Crippen LogP) is 2.29. The number of halogens is 6. The van der Waals surface area contributed by atoms with E-state index in [1.54, 1.807) is 0 Å². The maximum atomic E-state index is 13.0. The molecule has 0 spiro atoms. The maximum absolute atomic E-state index is 13.0. The van der Waals surface area contributed by atoms with Crippen molar-refractivity contribution >= 4 is 0 Å². The molecule has 0 aliphatic rings. The van der Waals surface area contributed by atoms with Gasteiger partial charge in [-0.3, -0.25) is 0 Å². The molecular formula is C12H8F6N8. The summed E-state index contributed by atoms with van der Waals surface area (Å²) < 4.78 is 78.6. The Hall–Kier alpha value is -3.06. The summed E-state index contributed by atoms with van der Waals surface area (Å²) in [6.45, 7) is 2.65. The zero-order valence-electron chi connectivity index (χ0n) is 13.0. The molecule has 3 heterocycles. The molecule has 0 atom stereocenters. The highest BCUT2D eigenvalue weighted by Gasteiger charge is 2.38. The van der Waals surface area contributed by atoms with Crippen molar-refractivity contribution in [2.24, 2.45) is 0 Å². The molecule has 138 valence electrons. The summed E-state index contributed by atoms with van der Waals surface area (Å²) in [6, 6.07) is 1.52. The van der Waals surface area contributed by atoms with E-state index in [-0.39, 0.29) is 11.4 Å². The van der Waals surface area contributed by atoms with Gasteiger partial charge in [0.15, 0.2) is 11.4 Å². The minimum atomic E-state index is -4.74. The number of rotatable bonds is 2. The molecule has 0 N–H and O–H groups in total. The van der Waals surface area contributed by atoms with Crippen molar-refractivity contribution in [3.8, 4) is 11.9 Å². The van der Waals surface area contributed by atoms with Gasteiger partial charge in [0, 0.05) is 0 Å². The lowest BCUT2D eigenvalue weighted by molar-refractivity contribution is -0.143. The fourth-order valence-electron chi connectivity index (χ4n) is 2.10. The monoisotopic (exact) mass is 378 g/mol. The second-order valence-electron chi connectivity index (χ2n) is 5.16. The van der Waals surface area contributed by atoms with E-state index in [1.165, 1.54) is 13.8 Å². The standard InChI is InChI=1S/C12H8F6N8/c1-5-3-7(11(13,14)15)25(23-5)9-19-21-10(22-20-9)26-8(12(16,17)18)4-6(2)24-26/h3-4H,1-2H3. The summed E-state index contributed by atoms with van der Waals surface area (Å²) in [6.07, 6.45) is -9.49. The summed E-state index contributed by atoms with van der Waals surface area (Å²) in [7, 11) is 0. The van der Waals surface area contributed by atoms with Crippen molar-refractivity contribution in [3.63, 3.8) is 0 Å². The number of aryl methyl sites for hydroxylation is 2. The lowest BCUT2D eigenvalue weighted by atomic mass is 10.3. The molecule has 0 saturated heterocycles. The molecule has 0 saturated carbocycles. The smallest absolute Gasteiger partial charge is 0.191 e. The second-order valence-corrected chi connectivity index (χ2v) is 5.16. The van der Waals surface area contributed by atoms with Crippen molar-refractivity contribution in [1.29, 1.82) is 0 Å². The molecule has 0 bridgehead atoms. The van der Waals surface area contributed by atoms with Gasteiger partial charge in [0.25, 0.3) is 11.9 Å². The highest BCUT2D eigenvalue weighted by molar-refractivity contribution is 5.23. The van der Waals surface area contributed by atoms with Gasteiger partial charge < -0.3 is 0 Å². The molecule has 0 aliphatic carbocycles. The Balaban J connectivity index is 2.04. The van der Waals surface area contributed by atoms with Crippen molar-refractivity contribution in [2.45, 2.75) is 26.2 Å². The molecule has 3 rings (SSSR count). The molecule has 0 amide bonds. The molecule has 0 fully saturated rings. The SMILES string of the molecule is Cc1cc(C(F)(F)F)n(-c2nnc(-n3nc(C)cc3C(F)(F)F)nn2)n1. The third-order valence-corrected chi connectivity index (χ3v) is 3.08. The van der Waals surface area contributed by atoms with Crippen molar-refractivity contribution in [2.75, 3.05) is 0 Å². The Kier molecular flexibility index (Phi) is 3.92. The quantitative estimate of drug-likeness (QED) is 0.636. The summed E-state index contributed by atoms with van der Waals surface area (Å²) in [5.41, 5.74) is -2.27. The van der Waals surface area contributed by atoms with Crippen LogP contribution in [0.4, 0.5) is 26.3 Å². The van der Waals surface area contributed by atoms with Crippen molar-refractivity contribution < 1.29 is 26.3 Å². The average Bonchev–Trinajstić information content (AvgIpc) is 3.10. The molecule has 8 nitrogen and oxygen atoms in total. The van der Waals surface area contributed by atoms with E-state index in [1.807, 2.05) is 0 Å². The lowest BCUT2D eigenvalue weighted by Crippen LogP contribution is -2.19. The number of alkyl halides is 6. The van der Waals surface area contributed by atoms with Crippen LogP contribution in [0.3, 0.4) is 0 Å². The topological polar surface area (TPSA) is 87.2 Å². The van der Waals surface area contributed by atoms with Gasteiger partial charge in [-0.1, -0.05) is 0 Å². The average molecular weight is 378 g/mol. The number of hydrogen-bond acceptors (Lipinski definition) is 6. The Labute approximate surface area is 140 Å². The molecule has 14 heteroatoms. The van der Waals surface area contributed by atoms with Crippen molar-refractivity contribution in [3.05, 3.63) is 34.9 Å². The Bertz CT molecular complexity index is 859. The van der Waals surface area contributed by atoms with E-state index in [4.69, 9.17) is 0 Å². The first kappa shape index (κ1) is 17.8. The van der Waals surface area contributed by atoms with Crippen LogP contribution in [0.5, 0.6) is 0 Å². The van der Waals surface area contributed by atoms with Crippen LogP contribution in [0.15, 0.2) is 12.1 Å². The molecule has 3 aromatic rings. The minimum absolute atomic E-state index is 0.0343. The maximum Gasteiger partial charge on any atom is 0.433 e. The van der Waals surface area contributed by atoms with Crippen LogP contribution in [-0.2, 0) is 12.4 Å². The van der Waals surface area contributed by atoms with Crippen LogP contribution < -0.4 is 0 Å². The van der Waals surface area contributed by atoms with E-state index >= 15 is 0 Å². The second kappa shape index (κ2) is 5.74. The van der Waals surface area contributed by atoms with Gasteiger partial charge in [0.2, 0.25) is 0 Å². The first-order chi connectivity index (χ1) is 12.0. The molecule has 0 aliphatic heterocycles. The molecule has 0 radical (unpaired) electrons. The number of hydrogen-bond donors (Lipinski definition) is 0. The molecule has 0 aromatic carbocycles. The molecule has 0 unspecified atom stereocenters. The zero-order chi connectivity index (χ0) is 19.3. The fourth-order valence-corrected chi connectivity index (χ4v) is 2.10. The fraction of sp³-hybridized carbons (Fsp3) is 0.333. The number of aromatic nitrogens is 8. The van der Waals surface area contributed by atoms with Gasteiger partial charge in [-0.25, -0.2) is 0 Å². The molecule has 3 aromatic heterocycles. The van der Waals surface area contributed by atoms with Crippen LogP contribution in [0.1, 0.15) is 22.8 Å². The molecular weight excluding hydrogens is 370 g/mol. The summed E-state index contributed by atoms with van der Waals surface area (Å²) in [5, 5.41) is 20.8. The normalized spacial score (nSPS) is 12.6. The first-order valence-corrected chi connectivity index (χ1v) is 6.82. The van der Waals surface area contributed by atoms with Crippen LogP contribution >= 0.6 is 0 Å². The van der Waals surface area contributed by atoms with Gasteiger partial charge in [0.1, 0.15) is 0 Å². The lowest BCUT2D eigenvalue weighted by Gasteiger charge is -2.09. The third-order valence-electron chi connectivity index (χ3n) is 3.08. The van der Waals surface area contributed by atoms with E-state index in [2.05, 4.69) is 30.6 Å². The van der Waals surface area contributed by atoms with E-state index in [0.717, 1.165) is 12.1 Å². The van der Waals surface area contributed by atoms with Crippen molar-refractivity contribution in [1.82, 2.24) is 40.0 Å². The van der Waals surface area contributed by atoms with Crippen LogP contribution in [0.2, 0.25) is 0 Å². The van der Waals surface area contributed by atoms with E-state index in [0.29, 0.717) is 9.36 Å². The third kappa shape index (κ3) is 3.21. The van der Waals surface area contributed by atoms with E-state index < -0.39 is 35.6 Å². The Morgan fingerprint density at radius 1 is 0.654 bits per heavy atom. The van der Waals surface area contributed by atoms with Gasteiger partial charge >= 0.3 is 12.4 Å². The highest BCUT2D eigenvalue weighted by atomic mass is 19.4. The Morgan fingerprint density at radius 2 is 0.962 bits per heavy atom. The largest absolute Gasteiger partial charge is 0.433 e. The minimum Gasteiger partial charge on any atom is -0.191 e. The highest BCUT2D eigenvalue weighted by Crippen LogP contribution is 2.31. The first-order valence-electron chi connectivity index (χ1n) is 6.82. The van der Waals surface area contributed by atoms with Crippen LogP contribution in [0.25, 0.3) is 11.9 Å². The summed E-state index contributed by atoms with van der Waals surface area (Å²) in [4.78, 5) is 0. The zero-order valence-corrected chi connectivity index (χ0v) is 13.0. The van der Waals surface area contributed by atoms with Gasteiger partial charge in [-0.2, -0.15) is 45.9 Å². The summed E-state index contributed by atoms with van der Waals surface area (Å²) in [5.74, 6) is -1.29. The van der Waals surface area contributed by atoms with Crippen LogP contribution in [-0.4, -0.2) is 40.0 Å². The predicted molar refractivity (Wildman–Crippen MR) is 71.3 cm³/mol. The van der Waals surface area contributed by atoms with Crippen LogP contribution in [0, 0.1) is 13.8 Å². The van der Waals surface area contributed by atoms with Gasteiger partial charge in [-0.05, 0) is 26.0 Å². The van der Waals surface area contributed by atoms with Gasteiger partial charge in [0.05, 0.1) is 11.4 Å². The Morgan fingerprint density at radius 3 is 1.23 bits per heavy atom. The van der Waals surface area contributed by atoms with E-state index in [9.17, 15) is 26.3 Å². The number of nitrogens with zero attached hydrogens (tertiary/aromatic N) is 8.